The maximum absolute atomic E-state index is 12.0. The topological polar surface area (TPSA) is 100 Å². The first-order valence-electron chi connectivity index (χ1n) is 7.72. The number of methoxy groups -OCH3 is 1. The van der Waals surface area contributed by atoms with E-state index in [1.54, 1.807) is 38.3 Å². The van der Waals surface area contributed by atoms with Gasteiger partial charge in [-0.2, -0.15) is 0 Å². The van der Waals surface area contributed by atoms with Gasteiger partial charge in [-0.3, -0.25) is 4.90 Å². The molecule has 8 nitrogen and oxygen atoms in total. The van der Waals surface area contributed by atoms with Crippen molar-refractivity contribution in [3.05, 3.63) is 24.3 Å². The number of anilines is 2. The number of cyclic esters (lactones) is 1. The summed E-state index contributed by atoms with van der Waals surface area (Å²) in [5.41, 5.74) is 0.151. The van der Waals surface area contributed by atoms with Gasteiger partial charge in [0, 0.05) is 38.1 Å². The fourth-order valence-corrected chi connectivity index (χ4v) is 2.24. The normalized spacial score (nSPS) is 16.5. The Kier molecular flexibility index (Phi) is 5.99. The van der Waals surface area contributed by atoms with Gasteiger partial charge in [0.25, 0.3) is 0 Å². The van der Waals surface area contributed by atoms with Crippen molar-refractivity contribution >= 4 is 23.5 Å². The number of hydrogen-bond donors (Lipinski definition) is 3. The summed E-state index contributed by atoms with van der Waals surface area (Å²) in [5, 5.41) is 15.4. The van der Waals surface area contributed by atoms with E-state index < -0.39 is 17.7 Å². The summed E-state index contributed by atoms with van der Waals surface area (Å²) >= 11 is 0. The molecule has 1 aliphatic heterocycles. The first-order chi connectivity index (χ1) is 11.4. The Hall–Kier alpha value is -2.32. The highest BCUT2D eigenvalue weighted by molar-refractivity contribution is 5.93. The number of hydrogen-bond acceptors (Lipinski definition) is 5. The first-order valence-corrected chi connectivity index (χ1v) is 7.72. The summed E-state index contributed by atoms with van der Waals surface area (Å²) in [6, 6.07) is 6.48. The lowest BCUT2D eigenvalue weighted by atomic mass is 10.0. The number of nitrogens with one attached hydrogen (secondary N) is 2. The molecule has 1 saturated heterocycles. The zero-order valence-corrected chi connectivity index (χ0v) is 13.9. The highest BCUT2D eigenvalue weighted by atomic mass is 16.6. The van der Waals surface area contributed by atoms with E-state index in [2.05, 4.69) is 10.6 Å². The van der Waals surface area contributed by atoms with Crippen molar-refractivity contribution < 1.29 is 24.2 Å². The molecule has 0 saturated carbocycles. The van der Waals surface area contributed by atoms with Crippen molar-refractivity contribution in [2.45, 2.75) is 18.9 Å². The number of rotatable bonds is 7. The molecule has 0 radical (unpaired) electrons. The van der Waals surface area contributed by atoms with Crippen LogP contribution in [0.5, 0.6) is 0 Å². The quantitative estimate of drug-likeness (QED) is 0.701. The fourth-order valence-electron chi connectivity index (χ4n) is 2.24. The van der Waals surface area contributed by atoms with Gasteiger partial charge in [0.2, 0.25) is 0 Å². The number of ether oxygens (including phenoxy) is 2. The number of amides is 3. The SMILES string of the molecule is COCC[C@@](C)(O)CNC(=O)Nc1cccc(N2CCOC2=O)c1. The Morgan fingerprint density at radius 3 is 2.96 bits per heavy atom. The van der Waals surface area contributed by atoms with Gasteiger partial charge in [0.15, 0.2) is 0 Å². The molecule has 3 amide bonds. The van der Waals surface area contributed by atoms with Crippen molar-refractivity contribution in [3.63, 3.8) is 0 Å². The number of urea groups is 1. The molecule has 0 aromatic heterocycles. The third kappa shape index (κ3) is 5.10. The summed E-state index contributed by atoms with van der Waals surface area (Å²) in [5.74, 6) is 0. The van der Waals surface area contributed by atoms with Crippen LogP contribution in [0, 0.1) is 0 Å². The van der Waals surface area contributed by atoms with Crippen LogP contribution in [0.4, 0.5) is 21.0 Å². The van der Waals surface area contributed by atoms with Crippen LogP contribution in [0.1, 0.15) is 13.3 Å². The minimum absolute atomic E-state index is 0.0976. The smallest absolute Gasteiger partial charge is 0.414 e. The summed E-state index contributed by atoms with van der Waals surface area (Å²) in [6.07, 6.45) is 0.0156. The van der Waals surface area contributed by atoms with E-state index in [4.69, 9.17) is 9.47 Å². The van der Waals surface area contributed by atoms with Crippen molar-refractivity contribution in [1.82, 2.24) is 5.32 Å². The van der Waals surface area contributed by atoms with E-state index >= 15 is 0 Å². The van der Waals surface area contributed by atoms with E-state index in [0.29, 0.717) is 37.6 Å². The molecule has 1 aromatic carbocycles. The van der Waals surface area contributed by atoms with Crippen LogP contribution in [0.3, 0.4) is 0 Å². The predicted octanol–water partition coefficient (Wildman–Crippen LogP) is 1.55. The largest absolute Gasteiger partial charge is 0.447 e. The summed E-state index contributed by atoms with van der Waals surface area (Å²) in [7, 11) is 1.55. The minimum Gasteiger partial charge on any atom is -0.447 e. The highest BCUT2D eigenvalue weighted by Crippen LogP contribution is 2.22. The second-order valence-corrected chi connectivity index (χ2v) is 5.86. The molecule has 1 atom stereocenters. The van der Waals surface area contributed by atoms with Crippen LogP contribution < -0.4 is 15.5 Å². The average molecular weight is 337 g/mol. The van der Waals surface area contributed by atoms with E-state index in [1.165, 1.54) is 4.90 Å². The molecule has 1 aliphatic rings. The van der Waals surface area contributed by atoms with Gasteiger partial charge < -0.3 is 25.2 Å². The Labute approximate surface area is 140 Å². The maximum Gasteiger partial charge on any atom is 0.414 e. The van der Waals surface area contributed by atoms with E-state index in [-0.39, 0.29) is 6.54 Å². The third-order valence-corrected chi connectivity index (χ3v) is 3.65. The number of carbonyl (C=O) groups is 2. The molecule has 1 heterocycles. The molecule has 2 rings (SSSR count). The van der Waals surface area contributed by atoms with E-state index in [1.807, 2.05) is 0 Å². The molecule has 132 valence electrons. The Bertz CT molecular complexity index is 591. The van der Waals surface area contributed by atoms with Crippen LogP contribution in [0.25, 0.3) is 0 Å². The fraction of sp³-hybridized carbons (Fsp3) is 0.500. The average Bonchev–Trinajstić information content (AvgIpc) is 2.98. The molecule has 3 N–H and O–H groups in total. The second kappa shape index (κ2) is 7.98. The molecule has 0 bridgehead atoms. The van der Waals surface area contributed by atoms with Crippen molar-refractivity contribution in [1.29, 1.82) is 0 Å². The number of aliphatic hydroxyl groups is 1. The molecule has 0 unspecified atom stereocenters. The molecule has 1 aromatic rings. The summed E-state index contributed by atoms with van der Waals surface area (Å²) in [4.78, 5) is 25.0. The van der Waals surface area contributed by atoms with Gasteiger partial charge >= 0.3 is 12.1 Å². The molecular weight excluding hydrogens is 314 g/mol. The molecule has 0 spiro atoms. The van der Waals surface area contributed by atoms with Crippen LogP contribution in [-0.4, -0.2) is 56.2 Å². The zero-order valence-electron chi connectivity index (χ0n) is 13.9. The van der Waals surface area contributed by atoms with E-state index in [0.717, 1.165) is 0 Å². The minimum atomic E-state index is -1.05. The van der Waals surface area contributed by atoms with Crippen LogP contribution in [0.2, 0.25) is 0 Å². The Morgan fingerprint density at radius 1 is 1.50 bits per heavy atom. The lowest BCUT2D eigenvalue weighted by molar-refractivity contribution is 0.0273. The Balaban J connectivity index is 1.89. The van der Waals surface area contributed by atoms with Crippen molar-refractivity contribution in [2.75, 3.05) is 43.6 Å². The second-order valence-electron chi connectivity index (χ2n) is 5.86. The maximum atomic E-state index is 12.0. The van der Waals surface area contributed by atoms with Gasteiger partial charge in [-0.1, -0.05) is 6.07 Å². The van der Waals surface area contributed by atoms with Gasteiger partial charge in [-0.05, 0) is 25.1 Å². The third-order valence-electron chi connectivity index (χ3n) is 3.65. The molecule has 24 heavy (non-hydrogen) atoms. The molecular formula is C16H23N3O5. The number of nitrogens with zero attached hydrogens (tertiary/aromatic N) is 1. The van der Waals surface area contributed by atoms with Crippen molar-refractivity contribution in [3.8, 4) is 0 Å². The van der Waals surface area contributed by atoms with E-state index in [9.17, 15) is 14.7 Å². The highest BCUT2D eigenvalue weighted by Gasteiger charge is 2.24. The standard InChI is InChI=1S/C16H23N3O5/c1-16(22,6-8-23-2)11-17-14(20)18-12-4-3-5-13(10-12)19-7-9-24-15(19)21/h3-5,10,22H,6-9,11H2,1-2H3,(H2,17,18,20)/t16-/m1/s1. The van der Waals surface area contributed by atoms with Crippen LogP contribution >= 0.6 is 0 Å². The van der Waals surface area contributed by atoms with Crippen molar-refractivity contribution in [2.24, 2.45) is 0 Å². The van der Waals surface area contributed by atoms with Gasteiger partial charge in [0.05, 0.1) is 12.1 Å². The Morgan fingerprint density at radius 2 is 2.29 bits per heavy atom. The monoisotopic (exact) mass is 337 g/mol. The van der Waals surface area contributed by atoms with Gasteiger partial charge in [0.1, 0.15) is 6.61 Å². The van der Waals surface area contributed by atoms with Gasteiger partial charge in [-0.15, -0.1) is 0 Å². The summed E-state index contributed by atoms with van der Waals surface area (Å²) in [6.45, 7) is 2.97. The van der Waals surface area contributed by atoms with Crippen LogP contribution in [-0.2, 0) is 9.47 Å². The van der Waals surface area contributed by atoms with Gasteiger partial charge in [-0.25, -0.2) is 9.59 Å². The number of carbonyl (C=O) groups excluding carboxylic acids is 2. The zero-order chi connectivity index (χ0) is 17.6. The van der Waals surface area contributed by atoms with Crippen LogP contribution in [0.15, 0.2) is 24.3 Å². The predicted molar refractivity (Wildman–Crippen MR) is 89.3 cm³/mol. The molecule has 8 heteroatoms. The lowest BCUT2D eigenvalue weighted by Gasteiger charge is -2.23. The lowest BCUT2D eigenvalue weighted by Crippen LogP contribution is -2.43. The molecule has 1 fully saturated rings. The molecule has 0 aliphatic carbocycles. The summed E-state index contributed by atoms with van der Waals surface area (Å²) < 4.78 is 9.82. The number of benzene rings is 1. The first kappa shape index (κ1) is 18.0.